The Morgan fingerprint density at radius 2 is 1.91 bits per heavy atom. The van der Waals surface area contributed by atoms with Crippen LogP contribution >= 0.6 is 11.6 Å². The molecule has 1 heterocycles. The molecule has 3 rings (SSSR count). The van der Waals surface area contributed by atoms with Gasteiger partial charge in [-0.05, 0) is 18.4 Å². The SMILES string of the molecule is CN(c1cnn(Cc2ccccc2)c(=O)c1Cl)C1CCCCC1. The van der Waals surface area contributed by atoms with Crippen molar-refractivity contribution in [3.8, 4) is 0 Å². The summed E-state index contributed by atoms with van der Waals surface area (Å²) in [6, 6.07) is 10.3. The van der Waals surface area contributed by atoms with E-state index in [9.17, 15) is 4.79 Å². The highest BCUT2D eigenvalue weighted by Crippen LogP contribution is 2.28. The van der Waals surface area contributed by atoms with E-state index in [0.29, 0.717) is 12.6 Å². The molecular weight excluding hydrogens is 310 g/mol. The highest BCUT2D eigenvalue weighted by atomic mass is 35.5. The van der Waals surface area contributed by atoms with Crippen molar-refractivity contribution in [3.05, 3.63) is 57.5 Å². The van der Waals surface area contributed by atoms with Crippen LogP contribution in [0.1, 0.15) is 37.7 Å². The lowest BCUT2D eigenvalue weighted by Crippen LogP contribution is -2.35. The second-order valence-corrected chi connectivity index (χ2v) is 6.57. The molecule has 23 heavy (non-hydrogen) atoms. The maximum atomic E-state index is 12.5. The van der Waals surface area contributed by atoms with Gasteiger partial charge in [-0.3, -0.25) is 4.79 Å². The summed E-state index contributed by atoms with van der Waals surface area (Å²) in [6.45, 7) is 0.437. The van der Waals surface area contributed by atoms with Crippen LogP contribution in [-0.4, -0.2) is 22.9 Å². The standard InChI is InChI=1S/C18H22ClN3O/c1-21(15-10-6-3-7-11-15)16-12-20-22(18(23)17(16)19)13-14-8-4-2-5-9-14/h2,4-5,8-9,12,15H,3,6-7,10-11,13H2,1H3. The summed E-state index contributed by atoms with van der Waals surface area (Å²) in [6.07, 6.45) is 7.81. The van der Waals surface area contributed by atoms with Gasteiger partial charge in [-0.1, -0.05) is 61.2 Å². The Labute approximate surface area is 141 Å². The smallest absolute Gasteiger partial charge is 0.287 e. The lowest BCUT2D eigenvalue weighted by atomic mass is 9.94. The van der Waals surface area contributed by atoms with Crippen LogP contribution in [0.2, 0.25) is 5.02 Å². The van der Waals surface area contributed by atoms with E-state index in [0.717, 1.165) is 24.1 Å². The molecule has 0 saturated heterocycles. The molecule has 0 N–H and O–H groups in total. The first kappa shape index (κ1) is 16.1. The van der Waals surface area contributed by atoms with Gasteiger partial charge >= 0.3 is 0 Å². The Balaban J connectivity index is 1.84. The zero-order valence-corrected chi connectivity index (χ0v) is 14.2. The van der Waals surface area contributed by atoms with Gasteiger partial charge < -0.3 is 4.90 Å². The van der Waals surface area contributed by atoms with Crippen molar-refractivity contribution in [2.75, 3.05) is 11.9 Å². The Kier molecular flexibility index (Phi) is 5.01. The van der Waals surface area contributed by atoms with Crippen LogP contribution in [0.5, 0.6) is 0 Å². The number of nitrogens with zero attached hydrogens (tertiary/aromatic N) is 3. The normalized spacial score (nSPS) is 15.6. The molecule has 1 aliphatic carbocycles. The van der Waals surface area contributed by atoms with E-state index in [2.05, 4.69) is 10.00 Å². The molecule has 2 aromatic rings. The van der Waals surface area contributed by atoms with Gasteiger partial charge in [0, 0.05) is 13.1 Å². The molecule has 0 unspecified atom stereocenters. The highest BCUT2D eigenvalue weighted by Gasteiger charge is 2.22. The molecule has 1 aromatic heterocycles. The van der Waals surface area contributed by atoms with Crippen molar-refractivity contribution < 1.29 is 0 Å². The van der Waals surface area contributed by atoms with Crippen LogP contribution < -0.4 is 10.5 Å². The highest BCUT2D eigenvalue weighted by molar-refractivity contribution is 6.33. The number of rotatable bonds is 4. The van der Waals surface area contributed by atoms with E-state index in [1.807, 2.05) is 37.4 Å². The van der Waals surface area contributed by atoms with E-state index in [-0.39, 0.29) is 10.6 Å². The van der Waals surface area contributed by atoms with Gasteiger partial charge in [-0.25, -0.2) is 4.68 Å². The molecule has 0 amide bonds. The van der Waals surface area contributed by atoms with Crippen molar-refractivity contribution in [2.24, 2.45) is 0 Å². The Morgan fingerprint density at radius 3 is 2.61 bits per heavy atom. The summed E-state index contributed by atoms with van der Waals surface area (Å²) in [4.78, 5) is 14.7. The average Bonchev–Trinajstić information content (AvgIpc) is 2.60. The first-order chi connectivity index (χ1) is 11.2. The molecule has 1 aromatic carbocycles. The molecule has 0 aliphatic heterocycles. The molecule has 0 bridgehead atoms. The lowest BCUT2D eigenvalue weighted by Gasteiger charge is -2.33. The van der Waals surface area contributed by atoms with E-state index >= 15 is 0 Å². The predicted molar refractivity (Wildman–Crippen MR) is 94.3 cm³/mol. The number of hydrogen-bond acceptors (Lipinski definition) is 3. The van der Waals surface area contributed by atoms with Crippen molar-refractivity contribution in [1.29, 1.82) is 0 Å². The van der Waals surface area contributed by atoms with Crippen molar-refractivity contribution >= 4 is 17.3 Å². The zero-order chi connectivity index (χ0) is 16.2. The molecule has 0 atom stereocenters. The maximum absolute atomic E-state index is 12.5. The van der Waals surface area contributed by atoms with Crippen LogP contribution in [0.15, 0.2) is 41.3 Å². The molecular formula is C18H22ClN3O. The molecule has 1 aliphatic rings. The number of halogens is 1. The summed E-state index contributed by atoms with van der Waals surface area (Å²) < 4.78 is 1.43. The van der Waals surface area contributed by atoms with Crippen LogP contribution in [0, 0.1) is 0 Å². The van der Waals surface area contributed by atoms with Crippen LogP contribution in [0.25, 0.3) is 0 Å². The molecule has 0 spiro atoms. The third-order valence-corrected chi connectivity index (χ3v) is 5.00. The van der Waals surface area contributed by atoms with Crippen molar-refractivity contribution in [1.82, 2.24) is 9.78 Å². The topological polar surface area (TPSA) is 38.1 Å². The monoisotopic (exact) mass is 331 g/mol. The van der Waals surface area contributed by atoms with E-state index in [4.69, 9.17) is 11.6 Å². The molecule has 122 valence electrons. The van der Waals surface area contributed by atoms with Gasteiger partial charge in [0.05, 0.1) is 18.4 Å². The van der Waals surface area contributed by atoms with Crippen LogP contribution in [0.3, 0.4) is 0 Å². The molecule has 1 saturated carbocycles. The Morgan fingerprint density at radius 1 is 1.22 bits per heavy atom. The fourth-order valence-electron chi connectivity index (χ4n) is 3.24. The number of anilines is 1. The van der Waals surface area contributed by atoms with E-state index < -0.39 is 0 Å². The Bertz CT molecular complexity index is 708. The van der Waals surface area contributed by atoms with Gasteiger partial charge in [0.2, 0.25) is 0 Å². The van der Waals surface area contributed by atoms with Crippen molar-refractivity contribution in [3.63, 3.8) is 0 Å². The summed E-state index contributed by atoms with van der Waals surface area (Å²) in [7, 11) is 2.01. The quantitative estimate of drug-likeness (QED) is 0.857. The third-order valence-electron chi connectivity index (χ3n) is 4.64. The average molecular weight is 332 g/mol. The van der Waals surface area contributed by atoms with Gasteiger partial charge in [-0.2, -0.15) is 5.10 Å². The number of hydrogen-bond donors (Lipinski definition) is 0. The third kappa shape index (κ3) is 3.58. The largest absolute Gasteiger partial charge is 0.369 e. The minimum absolute atomic E-state index is 0.226. The maximum Gasteiger partial charge on any atom is 0.287 e. The van der Waals surface area contributed by atoms with Crippen LogP contribution in [-0.2, 0) is 6.54 Å². The molecule has 5 heteroatoms. The van der Waals surface area contributed by atoms with Gasteiger partial charge in [-0.15, -0.1) is 0 Å². The minimum atomic E-state index is -0.226. The number of benzene rings is 1. The first-order valence-electron chi connectivity index (χ1n) is 8.19. The minimum Gasteiger partial charge on any atom is -0.369 e. The molecule has 4 nitrogen and oxygen atoms in total. The lowest BCUT2D eigenvalue weighted by molar-refractivity contribution is 0.427. The van der Waals surface area contributed by atoms with Gasteiger partial charge in [0.25, 0.3) is 5.56 Å². The van der Waals surface area contributed by atoms with Crippen LogP contribution in [0.4, 0.5) is 5.69 Å². The molecule has 1 fully saturated rings. The number of aromatic nitrogens is 2. The van der Waals surface area contributed by atoms with Gasteiger partial charge in [0.1, 0.15) is 5.02 Å². The van der Waals surface area contributed by atoms with Crippen molar-refractivity contribution in [2.45, 2.75) is 44.7 Å². The second-order valence-electron chi connectivity index (χ2n) is 6.19. The fourth-order valence-corrected chi connectivity index (χ4v) is 3.52. The summed E-state index contributed by atoms with van der Waals surface area (Å²) >= 11 is 6.36. The Hall–Kier alpha value is -1.81. The van der Waals surface area contributed by atoms with E-state index in [1.165, 1.54) is 23.9 Å². The second kappa shape index (κ2) is 7.18. The first-order valence-corrected chi connectivity index (χ1v) is 8.57. The molecule has 0 radical (unpaired) electrons. The summed E-state index contributed by atoms with van der Waals surface area (Å²) in [5.41, 5.74) is 1.55. The summed E-state index contributed by atoms with van der Waals surface area (Å²) in [5, 5.41) is 4.60. The van der Waals surface area contributed by atoms with Gasteiger partial charge in [0.15, 0.2) is 0 Å². The van der Waals surface area contributed by atoms with E-state index in [1.54, 1.807) is 6.20 Å². The zero-order valence-electron chi connectivity index (χ0n) is 13.4. The fraction of sp³-hybridized carbons (Fsp3) is 0.444. The predicted octanol–water partition coefficient (Wildman–Crippen LogP) is 3.71. The summed E-state index contributed by atoms with van der Waals surface area (Å²) in [5.74, 6) is 0.